The maximum absolute atomic E-state index is 12.6. The second kappa shape index (κ2) is 5.02. The lowest BCUT2D eigenvalue weighted by Gasteiger charge is -2.06. The third-order valence-electron chi connectivity index (χ3n) is 3.12. The fourth-order valence-electron chi connectivity index (χ4n) is 2.12. The highest BCUT2D eigenvalue weighted by Gasteiger charge is 2.13. The smallest absolute Gasteiger partial charge is 0.202 e. The molecule has 0 radical (unpaired) electrons. The fraction of sp³-hybridized carbons (Fsp3) is 0.0625. The van der Waals surface area contributed by atoms with E-state index in [9.17, 15) is 4.79 Å². The Bertz CT molecular complexity index is 822. The van der Waals surface area contributed by atoms with Crippen molar-refractivity contribution in [3.05, 3.63) is 64.0 Å². The molecule has 1 heterocycles. The molecule has 1 aromatic heterocycles. The van der Waals surface area contributed by atoms with Crippen LogP contribution in [0, 0.1) is 0 Å². The molecule has 0 unspecified atom stereocenters. The van der Waals surface area contributed by atoms with Gasteiger partial charge in [0.25, 0.3) is 0 Å². The Balaban J connectivity index is 2.32. The number of hydrogen-bond donors (Lipinski definition) is 0. The van der Waals surface area contributed by atoms with Gasteiger partial charge in [0.2, 0.25) is 5.43 Å². The first-order valence-corrected chi connectivity index (χ1v) is 6.43. The largest absolute Gasteiger partial charge is 0.497 e. The summed E-state index contributed by atoms with van der Waals surface area (Å²) in [6, 6.07) is 12.6. The van der Waals surface area contributed by atoms with E-state index >= 15 is 0 Å². The minimum Gasteiger partial charge on any atom is -0.497 e. The average Bonchev–Trinajstić information content (AvgIpc) is 2.48. The van der Waals surface area contributed by atoms with Gasteiger partial charge in [0.1, 0.15) is 17.6 Å². The molecule has 2 aromatic carbocycles. The molecule has 4 heteroatoms. The number of rotatable bonds is 2. The highest BCUT2D eigenvalue weighted by molar-refractivity contribution is 6.35. The zero-order valence-corrected chi connectivity index (χ0v) is 11.5. The summed E-state index contributed by atoms with van der Waals surface area (Å²) in [6.45, 7) is 0. The van der Waals surface area contributed by atoms with Crippen molar-refractivity contribution in [3.8, 4) is 16.9 Å². The van der Waals surface area contributed by atoms with Crippen LogP contribution in [0.3, 0.4) is 0 Å². The van der Waals surface area contributed by atoms with Gasteiger partial charge >= 0.3 is 0 Å². The van der Waals surface area contributed by atoms with Gasteiger partial charge in [-0.3, -0.25) is 4.79 Å². The van der Waals surface area contributed by atoms with E-state index in [4.69, 9.17) is 20.8 Å². The first kappa shape index (κ1) is 12.8. The highest BCUT2D eigenvalue weighted by atomic mass is 35.5. The van der Waals surface area contributed by atoms with Crippen LogP contribution in [0.25, 0.3) is 22.1 Å². The molecule has 0 bridgehead atoms. The Hall–Kier alpha value is -2.26. The Labute approximate surface area is 120 Å². The van der Waals surface area contributed by atoms with Crippen LogP contribution >= 0.6 is 11.6 Å². The third kappa shape index (κ3) is 2.06. The van der Waals surface area contributed by atoms with Crippen LogP contribution in [0.5, 0.6) is 5.75 Å². The molecular weight excluding hydrogens is 276 g/mol. The zero-order valence-electron chi connectivity index (χ0n) is 10.7. The van der Waals surface area contributed by atoms with Crippen molar-refractivity contribution in [2.24, 2.45) is 0 Å². The Morgan fingerprint density at radius 3 is 2.60 bits per heavy atom. The number of methoxy groups -OCH3 is 1. The van der Waals surface area contributed by atoms with E-state index < -0.39 is 0 Å². The standard InChI is InChI=1S/C16H11ClO3/c1-19-11-7-13(17)15-14(8-11)20-9-12(16(15)18)10-5-3-2-4-6-10/h2-9H,1H3. The SMILES string of the molecule is COc1cc(Cl)c2c(=O)c(-c3ccccc3)coc2c1. The van der Waals surface area contributed by atoms with Gasteiger partial charge in [-0.2, -0.15) is 0 Å². The van der Waals surface area contributed by atoms with Gasteiger partial charge in [-0.1, -0.05) is 41.9 Å². The van der Waals surface area contributed by atoms with E-state index in [2.05, 4.69) is 0 Å². The normalized spacial score (nSPS) is 10.7. The molecule has 0 saturated heterocycles. The van der Waals surface area contributed by atoms with Crippen molar-refractivity contribution in [2.45, 2.75) is 0 Å². The molecule has 0 saturated carbocycles. The van der Waals surface area contributed by atoms with Crippen LogP contribution in [0.2, 0.25) is 5.02 Å². The van der Waals surface area contributed by atoms with E-state index in [0.29, 0.717) is 27.3 Å². The molecule has 0 spiro atoms. The van der Waals surface area contributed by atoms with Gasteiger partial charge in [0.15, 0.2) is 0 Å². The Morgan fingerprint density at radius 2 is 1.90 bits per heavy atom. The predicted molar refractivity (Wildman–Crippen MR) is 79.5 cm³/mol. The summed E-state index contributed by atoms with van der Waals surface area (Å²) in [7, 11) is 1.54. The fourth-order valence-corrected chi connectivity index (χ4v) is 2.40. The summed E-state index contributed by atoms with van der Waals surface area (Å²) in [4.78, 5) is 12.6. The minimum atomic E-state index is -0.148. The minimum absolute atomic E-state index is 0.148. The summed E-state index contributed by atoms with van der Waals surface area (Å²) in [5, 5.41) is 0.694. The molecule has 3 aromatic rings. The second-order valence-electron chi connectivity index (χ2n) is 4.33. The molecule has 0 aliphatic heterocycles. The van der Waals surface area contributed by atoms with Crippen molar-refractivity contribution in [2.75, 3.05) is 7.11 Å². The monoisotopic (exact) mass is 286 g/mol. The Kier molecular flexibility index (Phi) is 3.20. The van der Waals surface area contributed by atoms with Crippen molar-refractivity contribution in [3.63, 3.8) is 0 Å². The molecule has 0 atom stereocenters. The zero-order chi connectivity index (χ0) is 14.1. The average molecular weight is 287 g/mol. The van der Waals surface area contributed by atoms with E-state index in [1.807, 2.05) is 30.3 Å². The summed E-state index contributed by atoms with van der Waals surface area (Å²) in [6.07, 6.45) is 1.45. The van der Waals surface area contributed by atoms with Gasteiger partial charge in [-0.05, 0) is 11.6 Å². The lowest BCUT2D eigenvalue weighted by molar-refractivity contribution is 0.414. The number of hydrogen-bond acceptors (Lipinski definition) is 3. The molecule has 0 aliphatic rings. The lowest BCUT2D eigenvalue weighted by atomic mass is 10.1. The van der Waals surface area contributed by atoms with E-state index in [1.54, 1.807) is 12.1 Å². The van der Waals surface area contributed by atoms with E-state index in [0.717, 1.165) is 5.56 Å². The number of halogens is 1. The first-order chi connectivity index (χ1) is 9.70. The number of ether oxygens (including phenoxy) is 1. The van der Waals surface area contributed by atoms with Gasteiger partial charge in [-0.15, -0.1) is 0 Å². The van der Waals surface area contributed by atoms with Crippen LogP contribution in [0.1, 0.15) is 0 Å². The van der Waals surface area contributed by atoms with Gasteiger partial charge in [-0.25, -0.2) is 0 Å². The van der Waals surface area contributed by atoms with Crippen molar-refractivity contribution in [1.29, 1.82) is 0 Å². The number of fused-ring (bicyclic) bond motifs is 1. The van der Waals surface area contributed by atoms with Gasteiger partial charge < -0.3 is 9.15 Å². The van der Waals surface area contributed by atoms with Crippen molar-refractivity contribution >= 4 is 22.6 Å². The van der Waals surface area contributed by atoms with Crippen molar-refractivity contribution in [1.82, 2.24) is 0 Å². The molecule has 3 rings (SSSR count). The van der Waals surface area contributed by atoms with Crippen LogP contribution in [-0.4, -0.2) is 7.11 Å². The number of benzene rings is 2. The van der Waals surface area contributed by atoms with E-state index in [-0.39, 0.29) is 5.43 Å². The van der Waals surface area contributed by atoms with Crippen molar-refractivity contribution < 1.29 is 9.15 Å². The molecule has 3 nitrogen and oxygen atoms in total. The predicted octanol–water partition coefficient (Wildman–Crippen LogP) is 4.12. The topological polar surface area (TPSA) is 39.4 Å². The van der Waals surface area contributed by atoms with E-state index in [1.165, 1.54) is 13.4 Å². The highest BCUT2D eigenvalue weighted by Crippen LogP contribution is 2.29. The summed E-state index contributed by atoms with van der Waals surface area (Å²) < 4.78 is 10.6. The molecular formula is C16H11ClO3. The lowest BCUT2D eigenvalue weighted by Crippen LogP contribution is -2.05. The van der Waals surface area contributed by atoms with Crippen LogP contribution in [0.4, 0.5) is 0 Å². The summed E-state index contributed by atoms with van der Waals surface area (Å²) >= 11 is 6.17. The molecule has 100 valence electrons. The van der Waals surface area contributed by atoms with Crippen LogP contribution in [-0.2, 0) is 0 Å². The summed E-state index contributed by atoms with van der Waals surface area (Å²) in [5.41, 5.74) is 1.56. The van der Waals surface area contributed by atoms with Gasteiger partial charge in [0.05, 0.1) is 23.1 Å². The molecule has 0 aliphatic carbocycles. The van der Waals surface area contributed by atoms with Gasteiger partial charge in [0, 0.05) is 6.07 Å². The quantitative estimate of drug-likeness (QED) is 0.711. The third-order valence-corrected chi connectivity index (χ3v) is 3.42. The first-order valence-electron chi connectivity index (χ1n) is 6.05. The molecule has 0 fully saturated rings. The molecule has 0 N–H and O–H groups in total. The van der Waals surface area contributed by atoms with Crippen LogP contribution < -0.4 is 10.2 Å². The maximum Gasteiger partial charge on any atom is 0.202 e. The molecule has 20 heavy (non-hydrogen) atoms. The second-order valence-corrected chi connectivity index (χ2v) is 4.73. The summed E-state index contributed by atoms with van der Waals surface area (Å²) in [5.74, 6) is 0.554. The van der Waals surface area contributed by atoms with Crippen LogP contribution in [0.15, 0.2) is 57.9 Å². The Morgan fingerprint density at radius 1 is 1.15 bits per heavy atom. The molecule has 0 amide bonds. The maximum atomic E-state index is 12.6.